The van der Waals surface area contributed by atoms with Crippen molar-refractivity contribution in [3.8, 4) is 0 Å². The number of nitrogens with two attached hydrogens (primary N) is 1. The molecule has 17 heavy (non-hydrogen) atoms. The Morgan fingerprint density at radius 3 is 2.71 bits per heavy atom. The fourth-order valence-corrected chi connectivity index (χ4v) is 1.71. The van der Waals surface area contributed by atoms with Crippen molar-refractivity contribution in [2.45, 2.75) is 12.8 Å². The molecular weight excluding hydrogens is 224 g/mol. The Kier molecular flexibility index (Phi) is 5.15. The van der Waals surface area contributed by atoms with Crippen LogP contribution in [0.5, 0.6) is 0 Å². The fourth-order valence-electron chi connectivity index (χ4n) is 1.71. The zero-order chi connectivity index (χ0) is 12.8. The lowest BCUT2D eigenvalue weighted by molar-refractivity contribution is 0.152. The van der Waals surface area contributed by atoms with Gasteiger partial charge in [0.1, 0.15) is 0 Å². The van der Waals surface area contributed by atoms with Gasteiger partial charge < -0.3 is 16.0 Å². The first-order chi connectivity index (χ1) is 8.06. The highest BCUT2D eigenvalue weighted by Gasteiger charge is 2.15. The highest BCUT2D eigenvalue weighted by molar-refractivity contribution is 5.59. The summed E-state index contributed by atoms with van der Waals surface area (Å²) in [5.74, 6) is 0. The first-order valence-electron chi connectivity index (χ1n) is 5.59. The Morgan fingerprint density at radius 1 is 1.41 bits per heavy atom. The molecule has 0 unspecified atom stereocenters. The maximum absolute atomic E-state index is 12.9. The van der Waals surface area contributed by atoms with Gasteiger partial charge in [0.2, 0.25) is 0 Å². The van der Waals surface area contributed by atoms with Crippen molar-refractivity contribution >= 4 is 11.4 Å². The number of nitrogens with one attached hydrogen (secondary N) is 1. The minimum absolute atomic E-state index is 0.00282. The summed E-state index contributed by atoms with van der Waals surface area (Å²) in [7, 11) is 3.68. The first kappa shape index (κ1) is 13.7. The largest absolute Gasteiger partial charge is 0.399 e. The number of hydrogen-bond donors (Lipinski definition) is 2. The minimum atomic E-state index is -2.50. The zero-order valence-electron chi connectivity index (χ0n) is 10.2. The van der Waals surface area contributed by atoms with E-state index < -0.39 is 6.43 Å². The van der Waals surface area contributed by atoms with Crippen molar-refractivity contribution in [2.24, 2.45) is 0 Å². The minimum Gasteiger partial charge on any atom is -0.399 e. The van der Waals surface area contributed by atoms with Crippen LogP contribution < -0.4 is 16.0 Å². The first-order valence-corrected chi connectivity index (χ1v) is 5.59. The fraction of sp³-hybridized carbons (Fsp3) is 0.500. The number of hydrogen-bond acceptors (Lipinski definition) is 3. The maximum atomic E-state index is 12.9. The molecule has 96 valence electrons. The Hall–Kier alpha value is -1.36. The third-order valence-corrected chi connectivity index (χ3v) is 2.62. The van der Waals surface area contributed by atoms with Gasteiger partial charge in [0.15, 0.2) is 0 Å². The number of anilines is 2. The molecule has 1 aromatic rings. The van der Waals surface area contributed by atoms with E-state index in [1.54, 1.807) is 12.1 Å². The summed E-state index contributed by atoms with van der Waals surface area (Å²) in [6.45, 7) is 1.59. The van der Waals surface area contributed by atoms with E-state index in [2.05, 4.69) is 5.32 Å². The number of nitrogens with zero attached hydrogens (tertiary/aromatic N) is 1. The average Bonchev–Trinajstić information content (AvgIpc) is 2.29. The lowest BCUT2D eigenvalue weighted by atomic mass is 10.1. The summed E-state index contributed by atoms with van der Waals surface area (Å²) in [5.41, 5.74) is 6.44. The van der Waals surface area contributed by atoms with Crippen molar-refractivity contribution in [1.82, 2.24) is 5.32 Å². The second-order valence-electron chi connectivity index (χ2n) is 4.00. The number of benzene rings is 1. The summed E-state index contributed by atoms with van der Waals surface area (Å²) in [4.78, 5) is 1.83. The van der Waals surface area contributed by atoms with Gasteiger partial charge in [0.05, 0.1) is 0 Å². The number of rotatable bonds is 6. The third kappa shape index (κ3) is 3.85. The monoisotopic (exact) mass is 243 g/mol. The van der Waals surface area contributed by atoms with Crippen LogP contribution in [-0.2, 0) is 0 Å². The van der Waals surface area contributed by atoms with Crippen molar-refractivity contribution in [1.29, 1.82) is 0 Å². The molecule has 0 aliphatic carbocycles. The predicted octanol–water partition coefficient (Wildman–Crippen LogP) is 2.25. The van der Waals surface area contributed by atoms with Crippen molar-refractivity contribution in [3.63, 3.8) is 0 Å². The van der Waals surface area contributed by atoms with Gasteiger partial charge in [-0.1, -0.05) is 0 Å². The number of nitrogen functional groups attached to an aromatic ring is 1. The van der Waals surface area contributed by atoms with E-state index in [4.69, 9.17) is 5.73 Å². The molecule has 0 radical (unpaired) electrons. The van der Waals surface area contributed by atoms with Crippen LogP contribution in [0, 0.1) is 0 Å². The smallest absolute Gasteiger partial charge is 0.265 e. The van der Waals surface area contributed by atoms with Crippen LogP contribution in [0.2, 0.25) is 0 Å². The quantitative estimate of drug-likeness (QED) is 0.595. The molecular formula is C12H19F2N3. The van der Waals surface area contributed by atoms with Crippen LogP contribution in [-0.4, -0.2) is 27.2 Å². The molecule has 1 aromatic carbocycles. The third-order valence-electron chi connectivity index (χ3n) is 2.62. The van der Waals surface area contributed by atoms with Crippen LogP contribution >= 0.6 is 0 Å². The average molecular weight is 243 g/mol. The number of alkyl halides is 2. The van der Waals surface area contributed by atoms with Gasteiger partial charge in [-0.05, 0) is 38.2 Å². The van der Waals surface area contributed by atoms with E-state index >= 15 is 0 Å². The maximum Gasteiger partial charge on any atom is 0.265 e. The summed E-state index contributed by atoms with van der Waals surface area (Å²) in [6.07, 6.45) is -1.60. The molecule has 3 nitrogen and oxygen atoms in total. The second kappa shape index (κ2) is 6.39. The highest BCUT2D eigenvalue weighted by Crippen LogP contribution is 2.31. The molecule has 3 N–H and O–H groups in total. The van der Waals surface area contributed by atoms with E-state index in [0.29, 0.717) is 11.4 Å². The Labute approximate surface area is 101 Å². The van der Waals surface area contributed by atoms with Gasteiger partial charge >= 0.3 is 0 Å². The van der Waals surface area contributed by atoms with E-state index in [9.17, 15) is 8.78 Å². The van der Waals surface area contributed by atoms with Crippen molar-refractivity contribution in [3.05, 3.63) is 23.8 Å². The standard InChI is InChI=1S/C12H19F2N3/c1-16-6-3-7-17(2)11-5-4-9(15)8-10(11)12(13)14/h4-5,8,12,16H,3,6-7,15H2,1-2H3. The molecule has 0 aromatic heterocycles. The summed E-state index contributed by atoms with van der Waals surface area (Å²) in [6, 6.07) is 4.64. The van der Waals surface area contributed by atoms with Gasteiger partial charge in [-0.3, -0.25) is 0 Å². The normalized spacial score (nSPS) is 10.9. The molecule has 5 heteroatoms. The molecule has 0 saturated heterocycles. The van der Waals surface area contributed by atoms with E-state index in [1.807, 2.05) is 19.0 Å². The Balaban J connectivity index is 2.81. The van der Waals surface area contributed by atoms with E-state index in [1.165, 1.54) is 6.07 Å². The SMILES string of the molecule is CNCCCN(C)c1ccc(N)cc1C(F)F. The molecule has 0 aliphatic heterocycles. The van der Waals surface area contributed by atoms with Gasteiger partial charge in [-0.2, -0.15) is 0 Å². The lowest BCUT2D eigenvalue weighted by Crippen LogP contribution is -2.23. The summed E-state index contributed by atoms with van der Waals surface area (Å²) < 4.78 is 25.7. The molecule has 0 bridgehead atoms. The molecule has 0 spiro atoms. The van der Waals surface area contributed by atoms with Crippen molar-refractivity contribution < 1.29 is 8.78 Å². The topological polar surface area (TPSA) is 41.3 Å². The molecule has 0 aliphatic rings. The van der Waals surface area contributed by atoms with Crippen LogP contribution in [0.1, 0.15) is 18.4 Å². The molecule has 0 heterocycles. The van der Waals surface area contributed by atoms with E-state index in [0.717, 1.165) is 19.5 Å². The molecule has 0 saturated carbocycles. The predicted molar refractivity (Wildman–Crippen MR) is 67.6 cm³/mol. The summed E-state index contributed by atoms with van der Waals surface area (Å²) >= 11 is 0. The summed E-state index contributed by atoms with van der Waals surface area (Å²) in [5, 5.41) is 3.03. The Morgan fingerprint density at radius 2 is 2.12 bits per heavy atom. The molecule has 0 atom stereocenters. The second-order valence-corrected chi connectivity index (χ2v) is 4.00. The zero-order valence-corrected chi connectivity index (χ0v) is 10.2. The number of halogens is 2. The molecule has 0 amide bonds. The van der Waals surface area contributed by atoms with Gasteiger partial charge in [0, 0.05) is 30.5 Å². The van der Waals surface area contributed by atoms with Gasteiger partial charge in [0.25, 0.3) is 6.43 Å². The van der Waals surface area contributed by atoms with Gasteiger partial charge in [-0.15, -0.1) is 0 Å². The van der Waals surface area contributed by atoms with Crippen LogP contribution in [0.4, 0.5) is 20.2 Å². The van der Waals surface area contributed by atoms with Crippen LogP contribution in [0.25, 0.3) is 0 Å². The Bertz CT molecular complexity index is 356. The van der Waals surface area contributed by atoms with Crippen molar-refractivity contribution in [2.75, 3.05) is 37.8 Å². The lowest BCUT2D eigenvalue weighted by Gasteiger charge is -2.22. The molecule has 1 rings (SSSR count). The highest BCUT2D eigenvalue weighted by atomic mass is 19.3. The van der Waals surface area contributed by atoms with Crippen LogP contribution in [0.15, 0.2) is 18.2 Å². The van der Waals surface area contributed by atoms with E-state index in [-0.39, 0.29) is 5.56 Å². The van der Waals surface area contributed by atoms with Crippen LogP contribution in [0.3, 0.4) is 0 Å². The molecule has 0 fully saturated rings. The van der Waals surface area contributed by atoms with Gasteiger partial charge in [-0.25, -0.2) is 8.78 Å².